The monoisotopic (exact) mass is 435 g/mol. The number of benzene rings is 2. The van der Waals surface area contributed by atoms with Crippen LogP contribution in [-0.4, -0.2) is 41.2 Å². The summed E-state index contributed by atoms with van der Waals surface area (Å²) in [5.41, 5.74) is 0.856. The van der Waals surface area contributed by atoms with Crippen molar-refractivity contribution in [3.8, 4) is 0 Å². The molecule has 1 aliphatic rings. The lowest BCUT2D eigenvalue weighted by Crippen LogP contribution is -2.24. The molecule has 2 unspecified atom stereocenters. The SMILES string of the molecule is O=S(=O)(Cc1noc(C2CC(O)CN2Cc2ccc(F)cc2)n1)c1ccc(F)cc1. The van der Waals surface area contributed by atoms with Gasteiger partial charge in [-0.15, -0.1) is 0 Å². The summed E-state index contributed by atoms with van der Waals surface area (Å²) < 4.78 is 56.5. The molecule has 4 rings (SSSR count). The number of hydrogen-bond acceptors (Lipinski definition) is 7. The highest BCUT2D eigenvalue weighted by molar-refractivity contribution is 7.90. The quantitative estimate of drug-likeness (QED) is 0.595. The van der Waals surface area contributed by atoms with Crippen LogP contribution in [0.5, 0.6) is 0 Å². The number of halogens is 2. The van der Waals surface area contributed by atoms with Gasteiger partial charge in [-0.05, 0) is 48.4 Å². The van der Waals surface area contributed by atoms with Gasteiger partial charge in [-0.25, -0.2) is 17.2 Å². The van der Waals surface area contributed by atoms with Crippen molar-refractivity contribution in [3.63, 3.8) is 0 Å². The van der Waals surface area contributed by atoms with Crippen LogP contribution in [-0.2, 0) is 22.1 Å². The largest absolute Gasteiger partial charge is 0.392 e. The molecule has 0 bridgehead atoms. The lowest BCUT2D eigenvalue weighted by atomic mass is 10.1. The topological polar surface area (TPSA) is 96.5 Å². The average Bonchev–Trinajstić information content (AvgIpc) is 3.29. The van der Waals surface area contributed by atoms with E-state index in [1.165, 1.54) is 24.3 Å². The number of aliphatic hydroxyl groups excluding tert-OH is 1. The maximum atomic E-state index is 13.1. The Labute approximate surface area is 171 Å². The van der Waals surface area contributed by atoms with Crippen molar-refractivity contribution in [1.29, 1.82) is 0 Å². The summed E-state index contributed by atoms with van der Waals surface area (Å²) in [4.78, 5) is 6.10. The van der Waals surface area contributed by atoms with Crippen LogP contribution in [0, 0.1) is 11.6 Å². The Bertz CT molecular complexity index is 1120. The number of nitrogens with zero attached hydrogens (tertiary/aromatic N) is 3. The Hall–Kier alpha value is -2.69. The highest BCUT2D eigenvalue weighted by atomic mass is 32.2. The number of aliphatic hydroxyl groups is 1. The molecule has 1 saturated heterocycles. The molecule has 1 aliphatic heterocycles. The van der Waals surface area contributed by atoms with Crippen molar-refractivity contribution in [2.75, 3.05) is 6.54 Å². The second kappa shape index (κ2) is 8.21. The first kappa shape index (κ1) is 20.6. The van der Waals surface area contributed by atoms with E-state index in [4.69, 9.17) is 4.52 Å². The molecule has 0 amide bonds. The number of aromatic nitrogens is 2. The van der Waals surface area contributed by atoms with Crippen LogP contribution in [0.2, 0.25) is 0 Å². The number of sulfone groups is 1. The summed E-state index contributed by atoms with van der Waals surface area (Å²) in [5, 5.41) is 13.9. The molecule has 3 aromatic rings. The molecule has 2 heterocycles. The van der Waals surface area contributed by atoms with Gasteiger partial charge in [0.25, 0.3) is 0 Å². The summed E-state index contributed by atoms with van der Waals surface area (Å²) in [6.45, 7) is 0.807. The lowest BCUT2D eigenvalue weighted by Gasteiger charge is -2.21. The van der Waals surface area contributed by atoms with Crippen molar-refractivity contribution in [2.24, 2.45) is 0 Å². The van der Waals surface area contributed by atoms with Crippen molar-refractivity contribution in [3.05, 3.63) is 77.4 Å². The number of hydrogen-bond donors (Lipinski definition) is 1. The molecule has 158 valence electrons. The molecule has 0 spiro atoms. The predicted octanol–water partition coefficient (Wildman–Crippen LogP) is 2.63. The van der Waals surface area contributed by atoms with Gasteiger partial charge < -0.3 is 9.63 Å². The van der Waals surface area contributed by atoms with Crippen LogP contribution in [0.1, 0.15) is 29.7 Å². The van der Waals surface area contributed by atoms with Crippen molar-refractivity contribution >= 4 is 9.84 Å². The Balaban J connectivity index is 1.50. The zero-order chi connectivity index (χ0) is 21.3. The first-order chi connectivity index (χ1) is 14.3. The lowest BCUT2D eigenvalue weighted by molar-refractivity contribution is 0.169. The van der Waals surface area contributed by atoms with Crippen LogP contribution in [0.4, 0.5) is 8.78 Å². The third-order valence-electron chi connectivity index (χ3n) is 4.94. The van der Waals surface area contributed by atoms with E-state index >= 15 is 0 Å². The van der Waals surface area contributed by atoms with E-state index in [1.807, 2.05) is 4.90 Å². The zero-order valence-electron chi connectivity index (χ0n) is 15.8. The molecule has 30 heavy (non-hydrogen) atoms. The van der Waals surface area contributed by atoms with Crippen LogP contribution < -0.4 is 0 Å². The van der Waals surface area contributed by atoms with Gasteiger partial charge in [-0.3, -0.25) is 4.90 Å². The minimum atomic E-state index is -3.77. The Morgan fingerprint density at radius 3 is 2.37 bits per heavy atom. The first-order valence-corrected chi connectivity index (χ1v) is 10.9. The highest BCUT2D eigenvalue weighted by Crippen LogP contribution is 2.32. The third kappa shape index (κ3) is 4.55. The smallest absolute Gasteiger partial charge is 0.244 e. The van der Waals surface area contributed by atoms with E-state index < -0.39 is 27.5 Å². The van der Waals surface area contributed by atoms with Gasteiger partial charge in [0, 0.05) is 13.1 Å². The molecular weight excluding hydrogens is 416 g/mol. The van der Waals surface area contributed by atoms with Gasteiger partial charge in [0.2, 0.25) is 5.89 Å². The van der Waals surface area contributed by atoms with Crippen molar-refractivity contribution in [2.45, 2.75) is 35.8 Å². The van der Waals surface area contributed by atoms with E-state index in [9.17, 15) is 22.3 Å². The molecule has 10 heteroatoms. The van der Waals surface area contributed by atoms with E-state index in [-0.39, 0.29) is 28.5 Å². The van der Waals surface area contributed by atoms with Gasteiger partial charge in [0.05, 0.1) is 17.0 Å². The van der Waals surface area contributed by atoms with Gasteiger partial charge in [-0.1, -0.05) is 17.3 Å². The second-order valence-corrected chi connectivity index (χ2v) is 9.21. The molecule has 7 nitrogen and oxygen atoms in total. The summed E-state index contributed by atoms with van der Waals surface area (Å²) in [7, 11) is -3.77. The van der Waals surface area contributed by atoms with E-state index in [0.717, 1.165) is 17.7 Å². The van der Waals surface area contributed by atoms with Gasteiger partial charge in [-0.2, -0.15) is 4.98 Å². The minimum Gasteiger partial charge on any atom is -0.392 e. The summed E-state index contributed by atoms with van der Waals surface area (Å²) in [6.07, 6.45) is -0.248. The van der Waals surface area contributed by atoms with E-state index in [2.05, 4.69) is 10.1 Å². The van der Waals surface area contributed by atoms with Crippen molar-refractivity contribution < 1.29 is 26.8 Å². The van der Waals surface area contributed by atoms with Gasteiger partial charge in [0.1, 0.15) is 17.4 Å². The minimum absolute atomic E-state index is 0.0163. The molecule has 0 radical (unpaired) electrons. The number of β-amino-alcohol motifs (C(OH)–C–C–N with tert-alkyl or cyclic N) is 1. The second-order valence-electron chi connectivity index (χ2n) is 7.22. The summed E-state index contributed by atoms with van der Waals surface area (Å²) in [5.74, 6) is -1.16. The van der Waals surface area contributed by atoms with E-state index in [0.29, 0.717) is 19.5 Å². The molecule has 0 saturated carbocycles. The normalized spacial score (nSPS) is 20.0. The maximum absolute atomic E-state index is 13.1. The number of rotatable bonds is 6. The first-order valence-electron chi connectivity index (χ1n) is 9.27. The zero-order valence-corrected chi connectivity index (χ0v) is 16.6. The van der Waals surface area contributed by atoms with Crippen LogP contribution in [0.3, 0.4) is 0 Å². The fourth-order valence-electron chi connectivity index (χ4n) is 3.49. The van der Waals surface area contributed by atoms with Gasteiger partial charge >= 0.3 is 0 Å². The molecule has 1 aromatic heterocycles. The Kier molecular flexibility index (Phi) is 5.63. The molecule has 1 N–H and O–H groups in total. The van der Waals surface area contributed by atoms with E-state index in [1.54, 1.807) is 12.1 Å². The maximum Gasteiger partial charge on any atom is 0.244 e. The standard InChI is InChI=1S/C20H19F2N3O4S/c21-14-3-1-13(2-4-14)10-25-11-16(26)9-18(25)20-23-19(24-29-20)12-30(27,28)17-7-5-15(22)6-8-17/h1-8,16,18,26H,9-12H2. The average molecular weight is 435 g/mol. The highest BCUT2D eigenvalue weighted by Gasteiger charge is 2.36. The summed E-state index contributed by atoms with van der Waals surface area (Å²) >= 11 is 0. The Morgan fingerprint density at radius 1 is 1.07 bits per heavy atom. The Morgan fingerprint density at radius 2 is 1.70 bits per heavy atom. The molecule has 2 aromatic carbocycles. The van der Waals surface area contributed by atoms with Crippen molar-refractivity contribution in [1.82, 2.24) is 15.0 Å². The fraction of sp³-hybridized carbons (Fsp3) is 0.300. The van der Waals surface area contributed by atoms with Gasteiger partial charge in [0.15, 0.2) is 15.7 Å². The summed E-state index contributed by atoms with van der Waals surface area (Å²) in [6, 6.07) is 10.2. The van der Waals surface area contributed by atoms with Crippen LogP contribution >= 0.6 is 0 Å². The molecule has 1 fully saturated rings. The number of likely N-dealkylation sites (tertiary alicyclic amines) is 1. The van der Waals surface area contributed by atoms with Crippen LogP contribution in [0.15, 0.2) is 57.9 Å². The predicted molar refractivity (Wildman–Crippen MR) is 102 cm³/mol. The molecule has 2 atom stereocenters. The third-order valence-corrected chi connectivity index (χ3v) is 6.57. The molecular formula is C20H19F2N3O4S. The molecule has 0 aliphatic carbocycles. The fourth-order valence-corrected chi connectivity index (χ4v) is 4.67. The van der Waals surface area contributed by atoms with Crippen LogP contribution in [0.25, 0.3) is 0 Å².